The van der Waals surface area contributed by atoms with E-state index in [1.165, 1.54) is 23.1 Å². The van der Waals surface area contributed by atoms with Crippen LogP contribution in [0.3, 0.4) is 0 Å². The normalized spacial score (nSPS) is 26.7. The number of hydrogen-bond donors (Lipinski definition) is 1. The maximum Gasteiger partial charge on any atom is 0.129 e. The molecule has 1 heterocycles. The molecule has 0 amide bonds. The fourth-order valence-electron chi connectivity index (χ4n) is 5.07. The van der Waals surface area contributed by atoms with Crippen molar-refractivity contribution in [2.75, 3.05) is 7.11 Å². The average molecular weight is 307 g/mol. The van der Waals surface area contributed by atoms with Gasteiger partial charge in [0.15, 0.2) is 0 Å². The lowest BCUT2D eigenvalue weighted by Crippen LogP contribution is -2.30. The van der Waals surface area contributed by atoms with Gasteiger partial charge in [0, 0.05) is 22.5 Å². The van der Waals surface area contributed by atoms with Gasteiger partial charge in [-0.2, -0.15) is 0 Å². The molecule has 3 aliphatic rings. The van der Waals surface area contributed by atoms with E-state index in [0.29, 0.717) is 5.92 Å². The largest absolute Gasteiger partial charge is 0.496 e. The van der Waals surface area contributed by atoms with Crippen molar-refractivity contribution in [3.8, 4) is 5.75 Å². The number of benzene rings is 1. The maximum atomic E-state index is 11.6. The minimum atomic E-state index is -0.933. The molecule has 2 bridgehead atoms. The van der Waals surface area contributed by atoms with Crippen LogP contribution < -0.4 is 4.74 Å². The number of aryl methyl sites for hydroxylation is 2. The predicted octanol–water partition coefficient (Wildman–Crippen LogP) is 3.17. The number of rotatable bonds is 1. The summed E-state index contributed by atoms with van der Waals surface area (Å²) in [5, 5.41) is 11.6. The molecule has 1 aromatic carbocycles. The molecular weight excluding hydrogens is 286 g/mol. The Morgan fingerprint density at radius 2 is 2.17 bits per heavy atom. The highest BCUT2D eigenvalue weighted by Crippen LogP contribution is 2.58. The number of fused-ring (bicyclic) bond motifs is 8. The van der Waals surface area contributed by atoms with Crippen molar-refractivity contribution in [2.24, 2.45) is 0 Å². The van der Waals surface area contributed by atoms with Gasteiger partial charge in [-0.3, -0.25) is 4.98 Å². The van der Waals surface area contributed by atoms with Gasteiger partial charge in [0.2, 0.25) is 0 Å². The second-order valence-corrected chi connectivity index (χ2v) is 7.28. The zero-order valence-corrected chi connectivity index (χ0v) is 13.6. The van der Waals surface area contributed by atoms with Gasteiger partial charge in [-0.05, 0) is 67.7 Å². The van der Waals surface area contributed by atoms with Crippen LogP contribution in [0.25, 0.3) is 0 Å². The predicted molar refractivity (Wildman–Crippen MR) is 88.1 cm³/mol. The van der Waals surface area contributed by atoms with Gasteiger partial charge >= 0.3 is 0 Å². The van der Waals surface area contributed by atoms with Gasteiger partial charge < -0.3 is 9.84 Å². The van der Waals surface area contributed by atoms with E-state index in [1.54, 1.807) is 7.11 Å². The summed E-state index contributed by atoms with van der Waals surface area (Å²) in [5.41, 5.74) is 7.18. The van der Waals surface area contributed by atoms with Crippen LogP contribution in [0, 0.1) is 6.92 Å². The fraction of sp³-hybridized carbons (Fsp3) is 0.450. The molecule has 0 saturated heterocycles. The average Bonchev–Trinajstić information content (AvgIpc) is 3.08. The van der Waals surface area contributed by atoms with E-state index in [-0.39, 0.29) is 0 Å². The molecule has 0 radical (unpaired) electrons. The summed E-state index contributed by atoms with van der Waals surface area (Å²) in [6.07, 6.45) is 5.07. The second-order valence-electron chi connectivity index (χ2n) is 7.28. The third kappa shape index (κ3) is 1.61. The van der Waals surface area contributed by atoms with Gasteiger partial charge in [0.05, 0.1) is 7.11 Å². The number of aliphatic hydroxyl groups is 1. The Bertz CT molecular complexity index is 842. The Balaban J connectivity index is 1.83. The molecule has 23 heavy (non-hydrogen) atoms. The Hall–Kier alpha value is -1.87. The van der Waals surface area contributed by atoms with Crippen molar-refractivity contribution in [1.82, 2.24) is 4.98 Å². The van der Waals surface area contributed by atoms with Crippen LogP contribution in [0.1, 0.15) is 58.0 Å². The summed E-state index contributed by atoms with van der Waals surface area (Å²) in [6.45, 7) is 2.02. The van der Waals surface area contributed by atoms with Gasteiger partial charge in [-0.15, -0.1) is 0 Å². The first-order valence-corrected chi connectivity index (χ1v) is 8.54. The molecule has 0 spiro atoms. The lowest BCUT2D eigenvalue weighted by molar-refractivity contribution is 0.0667. The number of methoxy groups -OCH3 is 1. The minimum Gasteiger partial charge on any atom is -0.496 e. The number of hydrogen-bond acceptors (Lipinski definition) is 3. The smallest absolute Gasteiger partial charge is 0.129 e. The van der Waals surface area contributed by atoms with Gasteiger partial charge in [-0.25, -0.2) is 0 Å². The van der Waals surface area contributed by atoms with Crippen LogP contribution in [-0.2, 0) is 24.9 Å². The molecule has 3 nitrogen and oxygen atoms in total. The zero-order valence-electron chi connectivity index (χ0n) is 13.6. The molecule has 118 valence electrons. The van der Waals surface area contributed by atoms with Gasteiger partial charge in [0.1, 0.15) is 11.4 Å². The molecule has 0 unspecified atom stereocenters. The van der Waals surface area contributed by atoms with Crippen molar-refractivity contribution in [1.29, 1.82) is 0 Å². The summed E-state index contributed by atoms with van der Waals surface area (Å²) in [7, 11) is 1.74. The Morgan fingerprint density at radius 1 is 1.30 bits per heavy atom. The molecule has 0 aliphatic heterocycles. The SMILES string of the molecule is COc1c2c(cc3c1[C@@]1(O)C[C@@H]3Cc3nc(C)ccc31)CCC2. The van der Waals surface area contributed by atoms with Gasteiger partial charge in [0.25, 0.3) is 0 Å². The highest BCUT2D eigenvalue weighted by molar-refractivity contribution is 5.63. The second kappa shape index (κ2) is 4.35. The molecule has 0 fully saturated rings. The van der Waals surface area contributed by atoms with E-state index < -0.39 is 5.60 Å². The minimum absolute atomic E-state index is 0.358. The van der Waals surface area contributed by atoms with E-state index in [9.17, 15) is 5.11 Å². The highest BCUT2D eigenvalue weighted by atomic mass is 16.5. The lowest BCUT2D eigenvalue weighted by atomic mass is 9.80. The topological polar surface area (TPSA) is 42.4 Å². The molecule has 3 heteroatoms. The first-order chi connectivity index (χ1) is 11.1. The van der Waals surface area contributed by atoms with Crippen molar-refractivity contribution >= 4 is 0 Å². The van der Waals surface area contributed by atoms with Crippen LogP contribution in [0.5, 0.6) is 5.75 Å². The third-order valence-electron chi connectivity index (χ3n) is 5.98. The first-order valence-electron chi connectivity index (χ1n) is 8.54. The molecule has 2 aromatic rings. The third-order valence-corrected chi connectivity index (χ3v) is 5.98. The van der Waals surface area contributed by atoms with E-state index in [0.717, 1.165) is 53.9 Å². The maximum absolute atomic E-state index is 11.6. The van der Waals surface area contributed by atoms with Crippen LogP contribution in [0.2, 0.25) is 0 Å². The monoisotopic (exact) mass is 307 g/mol. The van der Waals surface area contributed by atoms with Crippen LogP contribution in [0.4, 0.5) is 0 Å². The Morgan fingerprint density at radius 3 is 3.00 bits per heavy atom. The van der Waals surface area contributed by atoms with Crippen LogP contribution >= 0.6 is 0 Å². The summed E-state index contributed by atoms with van der Waals surface area (Å²) >= 11 is 0. The van der Waals surface area contributed by atoms with Crippen molar-refractivity contribution in [2.45, 2.75) is 50.5 Å². The standard InChI is InChI=1S/C20H21NO2/c1-11-6-7-16-17(21-11)9-13-10-20(16,22)18-15(13)8-12-4-3-5-14(12)19(18)23-2/h6-8,13,22H,3-5,9-10H2,1-2H3/t13-,20+/m0/s1. The van der Waals surface area contributed by atoms with E-state index in [2.05, 4.69) is 12.1 Å². The number of ether oxygens (including phenoxy) is 1. The summed E-state index contributed by atoms with van der Waals surface area (Å²) in [5.74, 6) is 1.30. The molecule has 0 saturated carbocycles. The Kier molecular flexibility index (Phi) is 2.57. The van der Waals surface area contributed by atoms with E-state index in [4.69, 9.17) is 9.72 Å². The summed E-state index contributed by atoms with van der Waals surface area (Å²) in [4.78, 5) is 4.72. The van der Waals surface area contributed by atoms with Gasteiger partial charge in [-0.1, -0.05) is 12.1 Å². The van der Waals surface area contributed by atoms with Crippen molar-refractivity contribution < 1.29 is 9.84 Å². The fourth-order valence-corrected chi connectivity index (χ4v) is 5.07. The van der Waals surface area contributed by atoms with Crippen molar-refractivity contribution in [3.63, 3.8) is 0 Å². The molecule has 1 aromatic heterocycles. The van der Waals surface area contributed by atoms with Crippen LogP contribution in [-0.4, -0.2) is 17.2 Å². The molecule has 2 atom stereocenters. The first kappa shape index (κ1) is 13.6. The summed E-state index contributed by atoms with van der Waals surface area (Å²) < 4.78 is 5.83. The number of pyridine rings is 1. The molecule has 1 N–H and O–H groups in total. The molecular formula is C20H21NO2. The number of aromatic nitrogens is 1. The number of nitrogens with zero attached hydrogens (tertiary/aromatic N) is 1. The van der Waals surface area contributed by atoms with E-state index in [1.807, 2.05) is 13.0 Å². The quantitative estimate of drug-likeness (QED) is 0.880. The molecule has 3 aliphatic carbocycles. The Labute approximate surface area is 136 Å². The van der Waals surface area contributed by atoms with E-state index >= 15 is 0 Å². The zero-order chi connectivity index (χ0) is 15.8. The van der Waals surface area contributed by atoms with Crippen molar-refractivity contribution in [3.05, 3.63) is 57.4 Å². The summed E-state index contributed by atoms with van der Waals surface area (Å²) in [6, 6.07) is 6.42. The van der Waals surface area contributed by atoms with Crippen LogP contribution in [0.15, 0.2) is 18.2 Å². The lowest BCUT2D eigenvalue weighted by Gasteiger charge is -2.31. The molecule has 5 rings (SSSR count). The highest BCUT2D eigenvalue weighted by Gasteiger charge is 2.51.